The molecule has 0 aliphatic heterocycles. The fourth-order valence-electron chi connectivity index (χ4n) is 6.29. The normalized spacial score (nSPS) is 35.1. The van der Waals surface area contributed by atoms with Crippen molar-refractivity contribution in [2.75, 3.05) is 6.54 Å². The van der Waals surface area contributed by atoms with E-state index in [9.17, 15) is 0 Å². The lowest BCUT2D eigenvalue weighted by Gasteiger charge is -2.57. The van der Waals surface area contributed by atoms with Crippen LogP contribution in [0.5, 0.6) is 0 Å². The first kappa shape index (κ1) is 17.8. The molecular weight excluding hydrogens is 278 g/mol. The summed E-state index contributed by atoms with van der Waals surface area (Å²) in [7, 11) is 0. The lowest BCUT2D eigenvalue weighted by atomic mass is 9.53. The molecule has 4 aliphatic rings. The van der Waals surface area contributed by atoms with Gasteiger partial charge in [-0.3, -0.25) is 0 Å². The fourth-order valence-corrected chi connectivity index (χ4v) is 6.29. The van der Waals surface area contributed by atoms with Crippen LogP contribution in [0.15, 0.2) is 0 Å². The third kappa shape index (κ3) is 5.21. The Labute approximate surface area is 145 Å². The summed E-state index contributed by atoms with van der Waals surface area (Å²) in [6.45, 7) is 3.60. The van der Waals surface area contributed by atoms with Gasteiger partial charge in [0.1, 0.15) is 0 Å². The second-order valence-electron chi connectivity index (χ2n) is 9.31. The second kappa shape index (κ2) is 8.88. The molecular formula is C22H41N. The van der Waals surface area contributed by atoms with Gasteiger partial charge in [-0.1, -0.05) is 64.7 Å². The summed E-state index contributed by atoms with van der Waals surface area (Å²) in [5.74, 6) is 3.25. The second-order valence-corrected chi connectivity index (χ2v) is 9.31. The molecule has 1 heteroatoms. The van der Waals surface area contributed by atoms with Crippen molar-refractivity contribution in [1.82, 2.24) is 5.32 Å². The summed E-state index contributed by atoms with van der Waals surface area (Å²) >= 11 is 0. The molecule has 0 aromatic heterocycles. The molecule has 0 spiro atoms. The van der Waals surface area contributed by atoms with Crippen LogP contribution in [0.4, 0.5) is 0 Å². The van der Waals surface area contributed by atoms with Crippen molar-refractivity contribution in [3.63, 3.8) is 0 Å². The first-order valence-electron chi connectivity index (χ1n) is 11.0. The molecule has 0 aromatic carbocycles. The van der Waals surface area contributed by atoms with E-state index in [0.29, 0.717) is 5.54 Å². The maximum absolute atomic E-state index is 4.05. The van der Waals surface area contributed by atoms with Crippen LogP contribution in [-0.4, -0.2) is 12.1 Å². The highest BCUT2D eigenvalue weighted by molar-refractivity contribution is 5.06. The van der Waals surface area contributed by atoms with Gasteiger partial charge in [0.25, 0.3) is 0 Å². The van der Waals surface area contributed by atoms with Crippen LogP contribution < -0.4 is 5.32 Å². The molecule has 0 unspecified atom stereocenters. The average Bonchev–Trinajstić information content (AvgIpc) is 2.51. The maximum Gasteiger partial charge on any atom is 0.0189 e. The first-order chi connectivity index (χ1) is 11.3. The van der Waals surface area contributed by atoms with Crippen molar-refractivity contribution >= 4 is 0 Å². The molecule has 0 heterocycles. The van der Waals surface area contributed by atoms with Crippen molar-refractivity contribution in [2.45, 2.75) is 115 Å². The van der Waals surface area contributed by atoms with Gasteiger partial charge in [0.05, 0.1) is 0 Å². The molecule has 4 fully saturated rings. The summed E-state index contributed by atoms with van der Waals surface area (Å²) < 4.78 is 0. The van der Waals surface area contributed by atoms with Crippen molar-refractivity contribution in [2.24, 2.45) is 17.8 Å². The number of hydrogen-bond acceptors (Lipinski definition) is 1. The number of nitrogens with one attached hydrogen (secondary N) is 1. The Morgan fingerprint density at radius 1 is 0.652 bits per heavy atom. The van der Waals surface area contributed by atoms with Crippen LogP contribution in [0.2, 0.25) is 0 Å². The van der Waals surface area contributed by atoms with E-state index in [2.05, 4.69) is 12.2 Å². The molecule has 4 rings (SSSR count). The average molecular weight is 320 g/mol. The Morgan fingerprint density at radius 3 is 1.57 bits per heavy atom. The van der Waals surface area contributed by atoms with E-state index in [1.807, 2.05) is 0 Å². The van der Waals surface area contributed by atoms with Gasteiger partial charge in [0.15, 0.2) is 0 Å². The van der Waals surface area contributed by atoms with Gasteiger partial charge in [0, 0.05) is 5.54 Å². The maximum atomic E-state index is 4.05. The van der Waals surface area contributed by atoms with E-state index in [0.717, 1.165) is 17.8 Å². The zero-order valence-corrected chi connectivity index (χ0v) is 15.8. The monoisotopic (exact) mass is 319 g/mol. The van der Waals surface area contributed by atoms with Crippen LogP contribution in [0.1, 0.15) is 110 Å². The number of unbranched alkanes of at least 4 members (excludes halogenated alkanes) is 9. The minimum Gasteiger partial charge on any atom is -0.311 e. The van der Waals surface area contributed by atoms with Gasteiger partial charge < -0.3 is 5.32 Å². The molecule has 0 amide bonds. The number of rotatable bonds is 12. The van der Waals surface area contributed by atoms with E-state index >= 15 is 0 Å². The minimum atomic E-state index is 0.591. The summed E-state index contributed by atoms with van der Waals surface area (Å²) in [6.07, 6.45) is 23.8. The zero-order valence-electron chi connectivity index (χ0n) is 15.8. The van der Waals surface area contributed by atoms with Crippen LogP contribution >= 0.6 is 0 Å². The van der Waals surface area contributed by atoms with Crippen molar-refractivity contribution < 1.29 is 0 Å². The van der Waals surface area contributed by atoms with E-state index < -0.39 is 0 Å². The van der Waals surface area contributed by atoms with Gasteiger partial charge in [-0.2, -0.15) is 0 Å². The zero-order chi connectivity index (χ0) is 16.0. The molecule has 134 valence electrons. The smallest absolute Gasteiger partial charge is 0.0189 e. The van der Waals surface area contributed by atoms with Gasteiger partial charge >= 0.3 is 0 Å². The van der Waals surface area contributed by atoms with E-state index in [-0.39, 0.29) is 0 Å². The van der Waals surface area contributed by atoms with Crippen LogP contribution in [0.25, 0.3) is 0 Å². The molecule has 0 radical (unpaired) electrons. The van der Waals surface area contributed by atoms with Crippen molar-refractivity contribution in [1.29, 1.82) is 0 Å². The SMILES string of the molecule is CCCCCCCCCCCCNC12CC3CC(CC(C3)C1)C2. The topological polar surface area (TPSA) is 12.0 Å². The highest BCUT2D eigenvalue weighted by Crippen LogP contribution is 2.55. The lowest BCUT2D eigenvalue weighted by Crippen LogP contribution is -2.58. The van der Waals surface area contributed by atoms with Gasteiger partial charge in [-0.25, -0.2) is 0 Å². The summed E-state index contributed by atoms with van der Waals surface area (Å²) in [4.78, 5) is 0. The third-order valence-electron chi connectivity index (χ3n) is 7.07. The van der Waals surface area contributed by atoms with Gasteiger partial charge in [-0.15, -0.1) is 0 Å². The lowest BCUT2D eigenvalue weighted by molar-refractivity contribution is -0.0196. The molecule has 23 heavy (non-hydrogen) atoms. The van der Waals surface area contributed by atoms with Crippen LogP contribution in [0.3, 0.4) is 0 Å². The van der Waals surface area contributed by atoms with Crippen molar-refractivity contribution in [3.8, 4) is 0 Å². The predicted molar refractivity (Wildman–Crippen MR) is 101 cm³/mol. The first-order valence-corrected chi connectivity index (χ1v) is 11.0. The highest BCUT2D eigenvalue weighted by Gasteiger charge is 2.50. The van der Waals surface area contributed by atoms with Gasteiger partial charge in [-0.05, 0) is 69.2 Å². The Morgan fingerprint density at radius 2 is 1.09 bits per heavy atom. The van der Waals surface area contributed by atoms with Crippen LogP contribution in [-0.2, 0) is 0 Å². The Hall–Kier alpha value is -0.0400. The summed E-state index contributed by atoms with van der Waals surface area (Å²) in [6, 6.07) is 0. The quantitative estimate of drug-likeness (QED) is 0.407. The summed E-state index contributed by atoms with van der Waals surface area (Å²) in [5.41, 5.74) is 0.591. The van der Waals surface area contributed by atoms with Crippen LogP contribution in [0, 0.1) is 17.8 Å². The molecule has 4 aliphatic carbocycles. The van der Waals surface area contributed by atoms with Crippen molar-refractivity contribution in [3.05, 3.63) is 0 Å². The third-order valence-corrected chi connectivity index (χ3v) is 7.07. The largest absolute Gasteiger partial charge is 0.311 e. The molecule has 1 N–H and O–H groups in total. The predicted octanol–water partition coefficient (Wildman–Crippen LogP) is 6.47. The fraction of sp³-hybridized carbons (Fsp3) is 1.00. The van der Waals surface area contributed by atoms with E-state index in [1.165, 1.54) is 90.0 Å². The highest BCUT2D eigenvalue weighted by atomic mass is 15.0. The molecule has 0 aromatic rings. The minimum absolute atomic E-state index is 0.591. The molecule has 0 saturated heterocycles. The number of hydrogen-bond donors (Lipinski definition) is 1. The van der Waals surface area contributed by atoms with E-state index in [1.54, 1.807) is 19.3 Å². The molecule has 1 nitrogen and oxygen atoms in total. The summed E-state index contributed by atoms with van der Waals surface area (Å²) in [5, 5.41) is 4.05. The standard InChI is InChI=1S/C22H41N/c1-2-3-4-5-6-7-8-9-10-11-12-23-22-16-19-13-20(17-22)15-21(14-19)18-22/h19-21,23H,2-18H2,1H3. The molecule has 0 atom stereocenters. The molecule has 4 saturated carbocycles. The van der Waals surface area contributed by atoms with E-state index in [4.69, 9.17) is 0 Å². The Bertz CT molecular complexity index is 300. The Balaban J connectivity index is 1.19. The van der Waals surface area contributed by atoms with Gasteiger partial charge in [0.2, 0.25) is 0 Å². The Kier molecular flexibility index (Phi) is 6.86. The molecule has 4 bridgehead atoms.